The predicted molar refractivity (Wildman–Crippen MR) is 147 cm³/mol. The van der Waals surface area contributed by atoms with E-state index in [1.807, 2.05) is 0 Å². The third kappa shape index (κ3) is 4.65. The van der Waals surface area contributed by atoms with E-state index in [4.69, 9.17) is 0 Å². The van der Waals surface area contributed by atoms with Crippen molar-refractivity contribution in [3.8, 4) is 0 Å². The maximum Gasteiger partial charge on any atom is 0.391 e. The van der Waals surface area contributed by atoms with E-state index >= 15 is 0 Å². The van der Waals surface area contributed by atoms with E-state index in [0.29, 0.717) is 27.8 Å². The summed E-state index contributed by atoms with van der Waals surface area (Å²) in [5.74, 6) is -2.75. The number of carbonyl (C=O) groups excluding carboxylic acids is 4. The third-order valence-corrected chi connectivity index (χ3v) is 9.88. The van der Waals surface area contributed by atoms with Gasteiger partial charge in [0.05, 0.1) is 5.92 Å². The average molecular weight is 569 g/mol. The van der Waals surface area contributed by atoms with Gasteiger partial charge in [0.1, 0.15) is 0 Å². The molecule has 0 N–H and O–H groups in total. The van der Waals surface area contributed by atoms with Crippen LogP contribution in [-0.2, 0) is 0 Å². The molecule has 4 amide bonds. The number of hydrogen-bond acceptors (Lipinski definition) is 4. The smallest absolute Gasteiger partial charge is 0.271 e. The van der Waals surface area contributed by atoms with Gasteiger partial charge in [0.2, 0.25) is 0 Å². The van der Waals surface area contributed by atoms with Gasteiger partial charge in [-0.05, 0) is 81.5 Å². The predicted octanol–water partition coefficient (Wildman–Crippen LogP) is 7.29. The molecule has 6 nitrogen and oxygen atoms in total. The number of amides is 4. The van der Waals surface area contributed by atoms with Crippen LogP contribution in [0.1, 0.15) is 125 Å². The van der Waals surface area contributed by atoms with Crippen molar-refractivity contribution in [2.75, 3.05) is 0 Å². The second-order valence-electron chi connectivity index (χ2n) is 12.2. The van der Waals surface area contributed by atoms with Crippen molar-refractivity contribution in [2.24, 2.45) is 11.8 Å². The van der Waals surface area contributed by atoms with Gasteiger partial charge in [-0.3, -0.25) is 29.0 Å². The number of alkyl halides is 3. The maximum atomic E-state index is 13.8. The van der Waals surface area contributed by atoms with Gasteiger partial charge in [-0.1, -0.05) is 32.6 Å². The Hall–Kier alpha value is -3.23. The minimum absolute atomic E-state index is 0.0864. The third-order valence-electron chi connectivity index (χ3n) is 9.88. The summed E-state index contributed by atoms with van der Waals surface area (Å²) in [6, 6.07) is 5.39. The summed E-state index contributed by atoms with van der Waals surface area (Å²) >= 11 is 0. The van der Waals surface area contributed by atoms with Gasteiger partial charge in [-0.25, -0.2) is 0 Å². The number of halogens is 3. The molecule has 0 radical (unpaired) electrons. The van der Waals surface area contributed by atoms with Gasteiger partial charge in [-0.15, -0.1) is 0 Å². The zero-order chi connectivity index (χ0) is 29.1. The van der Waals surface area contributed by atoms with Crippen LogP contribution in [0.3, 0.4) is 0 Å². The van der Waals surface area contributed by atoms with Crippen LogP contribution in [0, 0.1) is 11.8 Å². The Balaban J connectivity index is 1.27. The summed E-state index contributed by atoms with van der Waals surface area (Å²) in [6.07, 6.45) is 3.90. The second-order valence-corrected chi connectivity index (χ2v) is 12.2. The highest BCUT2D eigenvalue weighted by atomic mass is 19.4. The fourth-order valence-corrected chi connectivity index (χ4v) is 7.61. The molecule has 2 fully saturated rings. The minimum Gasteiger partial charge on any atom is -0.271 e. The molecule has 2 heterocycles. The van der Waals surface area contributed by atoms with Gasteiger partial charge >= 0.3 is 6.18 Å². The number of carbonyl (C=O) groups is 4. The maximum absolute atomic E-state index is 13.8. The first kappa shape index (κ1) is 27.9. The van der Waals surface area contributed by atoms with E-state index < -0.39 is 41.8 Å². The zero-order valence-electron chi connectivity index (χ0n) is 23.3. The van der Waals surface area contributed by atoms with Gasteiger partial charge < -0.3 is 0 Å². The molecule has 218 valence electrons. The van der Waals surface area contributed by atoms with Crippen LogP contribution in [-0.4, -0.2) is 51.7 Å². The van der Waals surface area contributed by atoms with E-state index in [1.165, 1.54) is 42.7 Å². The number of rotatable bonds is 6. The van der Waals surface area contributed by atoms with E-state index in [-0.39, 0.29) is 42.9 Å². The molecule has 2 aromatic carbocycles. The van der Waals surface area contributed by atoms with Gasteiger partial charge in [0.15, 0.2) is 0 Å². The quantitative estimate of drug-likeness (QED) is 0.271. The van der Waals surface area contributed by atoms with Crippen LogP contribution >= 0.6 is 0 Å². The van der Waals surface area contributed by atoms with Crippen molar-refractivity contribution in [3.05, 3.63) is 46.5 Å². The minimum atomic E-state index is -4.29. The van der Waals surface area contributed by atoms with Crippen molar-refractivity contribution in [2.45, 2.75) is 102 Å². The van der Waals surface area contributed by atoms with Crippen LogP contribution in [0.2, 0.25) is 0 Å². The molecule has 2 saturated carbocycles. The molecule has 9 heteroatoms. The molecule has 6 rings (SSSR count). The van der Waals surface area contributed by atoms with Crippen LogP contribution in [0.4, 0.5) is 13.2 Å². The Morgan fingerprint density at radius 3 is 1.39 bits per heavy atom. The summed E-state index contributed by atoms with van der Waals surface area (Å²) in [5, 5.41) is 0.637. The normalized spacial score (nSPS) is 26.7. The van der Waals surface area contributed by atoms with Crippen LogP contribution in [0.5, 0.6) is 0 Å². The van der Waals surface area contributed by atoms with E-state index in [1.54, 1.807) is 12.1 Å². The lowest BCUT2D eigenvalue weighted by Gasteiger charge is -2.40. The molecule has 41 heavy (non-hydrogen) atoms. The van der Waals surface area contributed by atoms with Crippen LogP contribution in [0.15, 0.2) is 24.3 Å². The highest BCUT2D eigenvalue weighted by Gasteiger charge is 2.47. The second kappa shape index (κ2) is 10.6. The van der Waals surface area contributed by atoms with Crippen molar-refractivity contribution in [3.63, 3.8) is 0 Å². The fraction of sp³-hybridized carbons (Fsp3) is 0.562. The molecule has 0 spiro atoms. The van der Waals surface area contributed by atoms with E-state index in [2.05, 4.69) is 6.92 Å². The Bertz CT molecular complexity index is 1350. The lowest BCUT2D eigenvalue weighted by atomic mass is 9.80. The van der Waals surface area contributed by atoms with E-state index in [9.17, 15) is 32.3 Å². The first-order valence-electron chi connectivity index (χ1n) is 15.0. The lowest BCUT2D eigenvalue weighted by Crippen LogP contribution is -2.50. The monoisotopic (exact) mass is 568 g/mol. The van der Waals surface area contributed by atoms with Gasteiger partial charge in [0, 0.05) is 45.1 Å². The molecule has 2 aliphatic heterocycles. The first-order valence-corrected chi connectivity index (χ1v) is 15.0. The molecule has 0 bridgehead atoms. The standard InChI is InChI=1S/C32H35F3N2O4/c1-2-3-4-5-18-6-10-20(11-7-18)36-28(38)22-14-16-24-27-25(17-15-23(26(22)27)29(36)39)31(41)37(30(24)40)21-12-8-19(9-13-21)32(33,34)35/h14-21H,2-13H2,1H3. The molecule has 0 saturated heterocycles. The topological polar surface area (TPSA) is 74.8 Å². The van der Waals surface area contributed by atoms with Crippen molar-refractivity contribution < 1.29 is 32.3 Å². The highest BCUT2D eigenvalue weighted by Crippen LogP contribution is 2.43. The number of unbranched alkanes of at least 4 members (excludes halogenated alkanes) is 2. The summed E-state index contributed by atoms with van der Waals surface area (Å²) < 4.78 is 39.6. The Labute approximate surface area is 237 Å². The summed E-state index contributed by atoms with van der Waals surface area (Å²) in [6.45, 7) is 2.19. The molecular weight excluding hydrogens is 533 g/mol. The van der Waals surface area contributed by atoms with Crippen molar-refractivity contribution in [1.29, 1.82) is 0 Å². The molecule has 4 aliphatic rings. The molecular formula is C32H35F3N2O4. The van der Waals surface area contributed by atoms with Crippen molar-refractivity contribution in [1.82, 2.24) is 9.80 Å². The Kier molecular flexibility index (Phi) is 7.19. The Morgan fingerprint density at radius 2 is 1.02 bits per heavy atom. The molecule has 0 atom stereocenters. The number of nitrogens with zero attached hydrogens (tertiary/aromatic N) is 2. The highest BCUT2D eigenvalue weighted by molar-refractivity contribution is 6.33. The lowest BCUT2D eigenvalue weighted by molar-refractivity contribution is -0.183. The van der Waals surface area contributed by atoms with Gasteiger partial charge in [-0.2, -0.15) is 13.2 Å². The fourth-order valence-electron chi connectivity index (χ4n) is 7.61. The largest absolute Gasteiger partial charge is 0.391 e. The summed E-state index contributed by atoms with van der Waals surface area (Å²) in [7, 11) is 0. The number of hydrogen-bond donors (Lipinski definition) is 0. The molecule has 2 aliphatic carbocycles. The van der Waals surface area contributed by atoms with Crippen molar-refractivity contribution >= 4 is 34.4 Å². The molecule has 0 aromatic heterocycles. The summed E-state index contributed by atoms with van der Waals surface area (Å²) in [4.78, 5) is 57.2. The number of imide groups is 2. The van der Waals surface area contributed by atoms with Gasteiger partial charge in [0.25, 0.3) is 23.6 Å². The number of benzene rings is 2. The SMILES string of the molecule is CCCCCC1CCC(N2C(=O)c3ccc4c5c(ccc(c35)C2=O)C(=O)N(C2CCC(C(F)(F)F)CC2)C4=O)CC1. The molecule has 2 aromatic rings. The van der Waals surface area contributed by atoms with Crippen LogP contribution in [0.25, 0.3) is 10.8 Å². The van der Waals surface area contributed by atoms with E-state index in [0.717, 1.165) is 30.6 Å². The summed E-state index contributed by atoms with van der Waals surface area (Å²) in [5.41, 5.74) is 1.04. The zero-order valence-corrected chi connectivity index (χ0v) is 23.3. The average Bonchev–Trinajstić information content (AvgIpc) is 2.95. The molecule has 0 unspecified atom stereocenters. The first-order chi connectivity index (χ1) is 19.6. The van der Waals surface area contributed by atoms with Crippen LogP contribution < -0.4 is 0 Å². The Morgan fingerprint density at radius 1 is 0.634 bits per heavy atom.